The van der Waals surface area contributed by atoms with Crippen LogP contribution in [0.5, 0.6) is 0 Å². The van der Waals surface area contributed by atoms with Gasteiger partial charge < -0.3 is 4.90 Å². The Kier molecular flexibility index (Phi) is 4.00. The van der Waals surface area contributed by atoms with Gasteiger partial charge in [0, 0.05) is 49.4 Å². The van der Waals surface area contributed by atoms with Gasteiger partial charge >= 0.3 is 0 Å². The van der Waals surface area contributed by atoms with E-state index in [1.165, 1.54) is 0 Å². The Morgan fingerprint density at radius 3 is 2.59 bits per heavy atom. The van der Waals surface area contributed by atoms with Gasteiger partial charge in [-0.2, -0.15) is 0 Å². The number of carbonyl (C=O) groups excluding carboxylic acids is 1. The van der Waals surface area contributed by atoms with Crippen molar-refractivity contribution in [1.29, 1.82) is 0 Å². The molecule has 1 fully saturated rings. The van der Waals surface area contributed by atoms with Gasteiger partial charge in [-0.15, -0.1) is 0 Å². The monoisotopic (exact) mass is 297 g/mol. The summed E-state index contributed by atoms with van der Waals surface area (Å²) in [6.45, 7) is 6.95. The molecule has 0 aromatic carbocycles. The summed E-state index contributed by atoms with van der Waals surface area (Å²) in [5.74, 6) is 1.18. The predicted octanol–water partition coefficient (Wildman–Crippen LogP) is 1.94. The number of rotatable bonds is 3. The van der Waals surface area contributed by atoms with E-state index >= 15 is 0 Å². The summed E-state index contributed by atoms with van der Waals surface area (Å²) in [6, 6.07) is 0. The van der Waals surface area contributed by atoms with Crippen LogP contribution in [0.1, 0.15) is 31.4 Å². The lowest BCUT2D eigenvalue weighted by Gasteiger charge is -2.32. The standard InChI is InChI=1S/C16H19N5O/c1-12(2)16(22)20-8-3-13(4-9-20)14-15(19-6-5-18-14)21-10-7-17-11-21/h5-7,10-11,13H,1,3-4,8-9H2,2H3. The zero-order valence-corrected chi connectivity index (χ0v) is 12.6. The summed E-state index contributed by atoms with van der Waals surface area (Å²) in [5, 5.41) is 0. The third kappa shape index (κ3) is 2.77. The lowest BCUT2D eigenvalue weighted by molar-refractivity contribution is -0.128. The van der Waals surface area contributed by atoms with E-state index in [1.54, 1.807) is 31.8 Å². The molecule has 3 heterocycles. The second-order valence-electron chi connectivity index (χ2n) is 5.58. The van der Waals surface area contributed by atoms with E-state index in [4.69, 9.17) is 0 Å². The van der Waals surface area contributed by atoms with Crippen LogP contribution in [0.25, 0.3) is 5.82 Å². The van der Waals surface area contributed by atoms with Crippen LogP contribution in [-0.4, -0.2) is 43.4 Å². The zero-order chi connectivity index (χ0) is 15.5. The molecule has 0 spiro atoms. The van der Waals surface area contributed by atoms with Gasteiger partial charge in [0.15, 0.2) is 5.82 Å². The van der Waals surface area contributed by atoms with Crippen molar-refractivity contribution in [3.05, 3.63) is 49.0 Å². The molecular formula is C16H19N5O. The lowest BCUT2D eigenvalue weighted by atomic mass is 9.92. The van der Waals surface area contributed by atoms with Crippen molar-refractivity contribution < 1.29 is 4.79 Å². The number of imidazole rings is 1. The fraction of sp³-hybridized carbons (Fsp3) is 0.375. The Labute approximate surface area is 129 Å². The summed E-state index contributed by atoms with van der Waals surface area (Å²) in [5.41, 5.74) is 1.57. The number of amides is 1. The van der Waals surface area contributed by atoms with Crippen molar-refractivity contribution in [2.45, 2.75) is 25.7 Å². The molecule has 0 bridgehead atoms. The Bertz CT molecular complexity index is 672. The Morgan fingerprint density at radius 1 is 1.23 bits per heavy atom. The number of carbonyl (C=O) groups is 1. The number of likely N-dealkylation sites (tertiary alicyclic amines) is 1. The van der Waals surface area contributed by atoms with Gasteiger partial charge in [0.25, 0.3) is 0 Å². The first-order valence-corrected chi connectivity index (χ1v) is 7.41. The molecule has 114 valence electrons. The van der Waals surface area contributed by atoms with Crippen LogP contribution in [0, 0.1) is 0 Å². The maximum absolute atomic E-state index is 12.0. The first-order chi connectivity index (χ1) is 10.7. The summed E-state index contributed by atoms with van der Waals surface area (Å²) in [4.78, 5) is 26.9. The minimum Gasteiger partial charge on any atom is -0.339 e. The molecule has 6 heteroatoms. The van der Waals surface area contributed by atoms with Crippen LogP contribution in [0.4, 0.5) is 0 Å². The molecule has 0 atom stereocenters. The Balaban J connectivity index is 1.77. The Hall–Kier alpha value is -2.50. The molecule has 0 aliphatic carbocycles. The minimum absolute atomic E-state index is 0.0485. The summed E-state index contributed by atoms with van der Waals surface area (Å²) in [7, 11) is 0. The van der Waals surface area contributed by atoms with E-state index in [0.29, 0.717) is 11.5 Å². The average molecular weight is 297 g/mol. The van der Waals surface area contributed by atoms with Gasteiger partial charge in [-0.05, 0) is 19.8 Å². The summed E-state index contributed by atoms with van der Waals surface area (Å²) < 4.78 is 1.88. The van der Waals surface area contributed by atoms with Gasteiger partial charge in [0.2, 0.25) is 5.91 Å². The molecule has 0 unspecified atom stereocenters. The smallest absolute Gasteiger partial charge is 0.248 e. The number of hydrogen-bond acceptors (Lipinski definition) is 4. The molecule has 2 aromatic rings. The lowest BCUT2D eigenvalue weighted by Crippen LogP contribution is -2.38. The van der Waals surface area contributed by atoms with E-state index in [-0.39, 0.29) is 5.91 Å². The highest BCUT2D eigenvalue weighted by Crippen LogP contribution is 2.29. The second-order valence-corrected chi connectivity index (χ2v) is 5.58. The highest BCUT2D eigenvalue weighted by molar-refractivity contribution is 5.92. The van der Waals surface area contributed by atoms with Crippen LogP contribution in [0.2, 0.25) is 0 Å². The fourth-order valence-corrected chi connectivity index (χ4v) is 2.84. The topological polar surface area (TPSA) is 63.9 Å². The molecule has 0 N–H and O–H groups in total. The molecule has 22 heavy (non-hydrogen) atoms. The fourth-order valence-electron chi connectivity index (χ4n) is 2.84. The molecule has 0 saturated carbocycles. The van der Waals surface area contributed by atoms with Gasteiger partial charge in [-0.1, -0.05) is 6.58 Å². The van der Waals surface area contributed by atoms with Crippen molar-refractivity contribution >= 4 is 5.91 Å². The second kappa shape index (κ2) is 6.09. The zero-order valence-electron chi connectivity index (χ0n) is 12.6. The molecule has 1 aliphatic heterocycles. The maximum Gasteiger partial charge on any atom is 0.248 e. The summed E-state index contributed by atoms with van der Waals surface area (Å²) >= 11 is 0. The van der Waals surface area contributed by atoms with Crippen LogP contribution in [0.3, 0.4) is 0 Å². The summed E-state index contributed by atoms with van der Waals surface area (Å²) in [6.07, 6.45) is 10.5. The molecule has 1 amide bonds. The van der Waals surface area contributed by atoms with Crippen molar-refractivity contribution in [2.75, 3.05) is 13.1 Å². The molecule has 3 rings (SSSR count). The third-order valence-corrected chi connectivity index (χ3v) is 3.99. The van der Waals surface area contributed by atoms with E-state index in [0.717, 1.165) is 37.4 Å². The normalized spacial score (nSPS) is 15.8. The van der Waals surface area contributed by atoms with Gasteiger partial charge in [0.1, 0.15) is 6.33 Å². The van der Waals surface area contributed by atoms with E-state index in [1.807, 2.05) is 15.7 Å². The molecule has 0 radical (unpaired) electrons. The SMILES string of the molecule is C=C(C)C(=O)N1CCC(c2nccnc2-n2ccnc2)CC1. The van der Waals surface area contributed by atoms with E-state index in [2.05, 4.69) is 21.5 Å². The van der Waals surface area contributed by atoms with Crippen molar-refractivity contribution in [1.82, 2.24) is 24.4 Å². The molecule has 6 nitrogen and oxygen atoms in total. The highest BCUT2D eigenvalue weighted by atomic mass is 16.2. The quantitative estimate of drug-likeness (QED) is 0.812. The van der Waals surface area contributed by atoms with Crippen molar-refractivity contribution in [3.63, 3.8) is 0 Å². The van der Waals surface area contributed by atoms with Crippen molar-refractivity contribution in [3.8, 4) is 5.82 Å². The molecule has 1 saturated heterocycles. The first-order valence-electron chi connectivity index (χ1n) is 7.41. The average Bonchev–Trinajstić information content (AvgIpc) is 3.08. The van der Waals surface area contributed by atoms with Crippen LogP contribution < -0.4 is 0 Å². The number of aromatic nitrogens is 4. The minimum atomic E-state index is 0.0485. The maximum atomic E-state index is 12.0. The van der Waals surface area contributed by atoms with Crippen molar-refractivity contribution in [2.24, 2.45) is 0 Å². The number of nitrogens with zero attached hydrogens (tertiary/aromatic N) is 5. The van der Waals surface area contributed by atoms with E-state index < -0.39 is 0 Å². The van der Waals surface area contributed by atoms with Gasteiger partial charge in [-0.25, -0.2) is 9.97 Å². The number of piperidine rings is 1. The van der Waals surface area contributed by atoms with Crippen LogP contribution in [0.15, 0.2) is 43.3 Å². The van der Waals surface area contributed by atoms with Crippen LogP contribution in [-0.2, 0) is 4.79 Å². The van der Waals surface area contributed by atoms with Gasteiger partial charge in [-0.3, -0.25) is 14.3 Å². The third-order valence-electron chi connectivity index (χ3n) is 3.99. The first kappa shape index (κ1) is 14.4. The largest absolute Gasteiger partial charge is 0.339 e. The number of hydrogen-bond donors (Lipinski definition) is 0. The Morgan fingerprint density at radius 2 is 1.95 bits per heavy atom. The van der Waals surface area contributed by atoms with E-state index in [9.17, 15) is 4.79 Å². The highest BCUT2D eigenvalue weighted by Gasteiger charge is 2.27. The molecular weight excluding hydrogens is 278 g/mol. The van der Waals surface area contributed by atoms with Crippen LogP contribution >= 0.6 is 0 Å². The molecule has 2 aromatic heterocycles. The molecule has 1 aliphatic rings. The van der Waals surface area contributed by atoms with Gasteiger partial charge in [0.05, 0.1) is 5.69 Å². The predicted molar refractivity (Wildman–Crippen MR) is 82.5 cm³/mol.